The van der Waals surface area contributed by atoms with Crippen molar-refractivity contribution in [1.29, 1.82) is 0 Å². The van der Waals surface area contributed by atoms with Gasteiger partial charge in [-0.25, -0.2) is 0 Å². The highest BCUT2D eigenvalue weighted by Crippen LogP contribution is 2.29. The Morgan fingerprint density at radius 1 is 1.07 bits per heavy atom. The quantitative estimate of drug-likeness (QED) is 0.234. The molecule has 0 radical (unpaired) electrons. The Morgan fingerprint density at radius 3 is 2.47 bits per heavy atom. The molecule has 1 heterocycles. The van der Waals surface area contributed by atoms with Crippen LogP contribution in [0.4, 0.5) is 0 Å². The van der Waals surface area contributed by atoms with Crippen LogP contribution in [0.25, 0.3) is 11.1 Å². The molecule has 0 saturated carbocycles. The third-order valence-electron chi connectivity index (χ3n) is 5.32. The molecule has 0 spiro atoms. The van der Waals surface area contributed by atoms with Gasteiger partial charge in [0, 0.05) is 31.7 Å². The Balaban J connectivity index is 0.00000320. The number of benzene rings is 2. The third-order valence-corrected chi connectivity index (χ3v) is 5.32. The summed E-state index contributed by atoms with van der Waals surface area (Å²) >= 11 is 0. The maximum atomic E-state index is 6.07. The zero-order valence-corrected chi connectivity index (χ0v) is 20.5. The smallest absolute Gasteiger partial charge is 0.191 e. The van der Waals surface area contributed by atoms with Gasteiger partial charge >= 0.3 is 0 Å². The van der Waals surface area contributed by atoms with Crippen LogP contribution in [0.2, 0.25) is 0 Å². The molecule has 0 atom stereocenters. The molecule has 0 amide bonds. The molecule has 0 bridgehead atoms. The molecule has 1 saturated heterocycles. The Kier molecular flexibility index (Phi) is 11.0. The molecule has 0 aliphatic carbocycles. The van der Waals surface area contributed by atoms with Crippen molar-refractivity contribution in [3.05, 3.63) is 54.6 Å². The van der Waals surface area contributed by atoms with Gasteiger partial charge in [0.25, 0.3) is 0 Å². The van der Waals surface area contributed by atoms with Crippen molar-refractivity contribution in [2.24, 2.45) is 4.99 Å². The van der Waals surface area contributed by atoms with Gasteiger partial charge in [-0.2, -0.15) is 0 Å². The minimum Gasteiger partial charge on any atom is -0.491 e. The van der Waals surface area contributed by atoms with E-state index < -0.39 is 0 Å². The van der Waals surface area contributed by atoms with Crippen molar-refractivity contribution in [2.45, 2.75) is 32.2 Å². The Bertz CT molecular complexity index is 761. The number of guanidine groups is 1. The summed E-state index contributed by atoms with van der Waals surface area (Å²) in [6.07, 6.45) is 3.57. The van der Waals surface area contributed by atoms with Crippen LogP contribution in [0.1, 0.15) is 26.2 Å². The number of para-hydroxylation sites is 1. The van der Waals surface area contributed by atoms with Crippen molar-refractivity contribution < 1.29 is 4.74 Å². The molecule has 6 heteroatoms. The standard InChI is InChI=1S/C24H34N4O.HI/c1-3-16-28-17-13-21(14-18-28)27-24(25-2)26-15-19-29-23-12-8-7-11-22(23)20-9-5-4-6-10-20;/h4-12,21H,3,13-19H2,1-2H3,(H2,25,26,27);1H. The molecular weight excluding hydrogens is 487 g/mol. The van der Waals surface area contributed by atoms with Crippen LogP contribution < -0.4 is 15.4 Å². The Hall–Kier alpha value is -1.80. The molecule has 30 heavy (non-hydrogen) atoms. The van der Waals surface area contributed by atoms with E-state index in [0.29, 0.717) is 19.2 Å². The topological polar surface area (TPSA) is 48.9 Å². The van der Waals surface area contributed by atoms with E-state index in [-0.39, 0.29) is 24.0 Å². The molecule has 2 N–H and O–H groups in total. The van der Waals surface area contributed by atoms with Crippen LogP contribution in [0, 0.1) is 0 Å². The highest BCUT2D eigenvalue weighted by molar-refractivity contribution is 14.0. The van der Waals surface area contributed by atoms with E-state index in [1.165, 1.54) is 44.5 Å². The minimum atomic E-state index is 0. The van der Waals surface area contributed by atoms with Gasteiger partial charge in [0.05, 0.1) is 6.54 Å². The summed E-state index contributed by atoms with van der Waals surface area (Å²) in [6, 6.07) is 19.0. The van der Waals surface area contributed by atoms with Crippen molar-refractivity contribution in [2.75, 3.05) is 39.8 Å². The van der Waals surface area contributed by atoms with E-state index in [4.69, 9.17) is 4.74 Å². The summed E-state index contributed by atoms with van der Waals surface area (Å²) in [5, 5.41) is 6.94. The number of nitrogens with zero attached hydrogens (tertiary/aromatic N) is 2. The number of halogens is 1. The number of piperidine rings is 1. The lowest BCUT2D eigenvalue weighted by molar-refractivity contribution is 0.206. The van der Waals surface area contributed by atoms with E-state index >= 15 is 0 Å². The van der Waals surface area contributed by atoms with Gasteiger partial charge in [0.2, 0.25) is 0 Å². The van der Waals surface area contributed by atoms with E-state index in [9.17, 15) is 0 Å². The maximum absolute atomic E-state index is 6.07. The second kappa shape index (κ2) is 13.5. The summed E-state index contributed by atoms with van der Waals surface area (Å²) in [7, 11) is 1.83. The lowest BCUT2D eigenvalue weighted by atomic mass is 10.1. The average Bonchev–Trinajstić information content (AvgIpc) is 2.78. The summed E-state index contributed by atoms with van der Waals surface area (Å²) in [5.41, 5.74) is 2.29. The van der Waals surface area contributed by atoms with Gasteiger partial charge in [0.15, 0.2) is 5.96 Å². The first-order valence-corrected chi connectivity index (χ1v) is 10.8. The van der Waals surface area contributed by atoms with Gasteiger partial charge in [-0.15, -0.1) is 24.0 Å². The molecule has 1 aliphatic rings. The molecule has 0 aromatic heterocycles. The van der Waals surface area contributed by atoms with E-state index in [1.54, 1.807) is 0 Å². The predicted octanol–water partition coefficient (Wildman–Crippen LogP) is 4.39. The minimum absolute atomic E-state index is 0. The van der Waals surface area contributed by atoms with Gasteiger partial charge in [-0.05, 0) is 37.4 Å². The van der Waals surface area contributed by atoms with E-state index in [1.807, 2.05) is 31.3 Å². The van der Waals surface area contributed by atoms with Gasteiger partial charge < -0.3 is 20.3 Å². The molecule has 0 unspecified atom stereocenters. The van der Waals surface area contributed by atoms with Crippen molar-refractivity contribution >= 4 is 29.9 Å². The number of hydrogen-bond acceptors (Lipinski definition) is 3. The number of aliphatic imine (C=N–C) groups is 1. The average molecular weight is 522 g/mol. The summed E-state index contributed by atoms with van der Waals surface area (Å²) in [4.78, 5) is 6.92. The second-order valence-electron chi connectivity index (χ2n) is 7.47. The van der Waals surface area contributed by atoms with Crippen LogP contribution in [-0.4, -0.2) is 56.7 Å². The van der Waals surface area contributed by atoms with Crippen molar-refractivity contribution in [1.82, 2.24) is 15.5 Å². The van der Waals surface area contributed by atoms with Crippen molar-refractivity contribution in [3.63, 3.8) is 0 Å². The molecule has 5 nitrogen and oxygen atoms in total. The molecule has 2 aromatic rings. The monoisotopic (exact) mass is 522 g/mol. The fourth-order valence-corrected chi connectivity index (χ4v) is 3.78. The fraction of sp³-hybridized carbons (Fsp3) is 0.458. The zero-order valence-electron chi connectivity index (χ0n) is 18.1. The number of rotatable bonds is 8. The predicted molar refractivity (Wildman–Crippen MR) is 137 cm³/mol. The normalized spacial score (nSPS) is 15.3. The summed E-state index contributed by atoms with van der Waals surface area (Å²) in [6.45, 7) is 7.08. The highest BCUT2D eigenvalue weighted by Gasteiger charge is 2.19. The van der Waals surface area contributed by atoms with Crippen LogP contribution in [0.5, 0.6) is 5.75 Å². The number of likely N-dealkylation sites (tertiary alicyclic amines) is 1. The van der Waals surface area contributed by atoms with Crippen LogP contribution in [-0.2, 0) is 0 Å². The second-order valence-corrected chi connectivity index (χ2v) is 7.47. The largest absolute Gasteiger partial charge is 0.491 e. The first-order valence-electron chi connectivity index (χ1n) is 10.8. The molecule has 164 valence electrons. The zero-order chi connectivity index (χ0) is 20.3. The molecule has 2 aromatic carbocycles. The maximum Gasteiger partial charge on any atom is 0.191 e. The number of nitrogens with one attached hydrogen (secondary N) is 2. The number of hydrogen-bond donors (Lipinski definition) is 2. The molecule has 3 rings (SSSR count). The van der Waals surface area contributed by atoms with Gasteiger partial charge in [-0.3, -0.25) is 4.99 Å². The summed E-state index contributed by atoms with van der Waals surface area (Å²) < 4.78 is 6.07. The fourth-order valence-electron chi connectivity index (χ4n) is 3.78. The van der Waals surface area contributed by atoms with Gasteiger partial charge in [0.1, 0.15) is 12.4 Å². The van der Waals surface area contributed by atoms with Gasteiger partial charge in [-0.1, -0.05) is 55.5 Å². The Morgan fingerprint density at radius 2 is 1.77 bits per heavy atom. The Labute approximate surface area is 198 Å². The molecule has 1 aliphatic heterocycles. The van der Waals surface area contributed by atoms with Crippen LogP contribution in [0.3, 0.4) is 0 Å². The lowest BCUT2D eigenvalue weighted by Gasteiger charge is -2.32. The highest BCUT2D eigenvalue weighted by atomic mass is 127. The lowest BCUT2D eigenvalue weighted by Crippen LogP contribution is -2.49. The van der Waals surface area contributed by atoms with E-state index in [2.05, 4.69) is 57.8 Å². The third kappa shape index (κ3) is 7.47. The van der Waals surface area contributed by atoms with Crippen LogP contribution >= 0.6 is 24.0 Å². The number of ether oxygens (including phenoxy) is 1. The van der Waals surface area contributed by atoms with E-state index in [0.717, 1.165) is 17.3 Å². The molecule has 1 fully saturated rings. The summed E-state index contributed by atoms with van der Waals surface area (Å²) in [5.74, 6) is 1.77. The SMILES string of the molecule is CCCN1CCC(NC(=NC)NCCOc2ccccc2-c2ccccc2)CC1.I. The van der Waals surface area contributed by atoms with Crippen molar-refractivity contribution in [3.8, 4) is 16.9 Å². The first-order chi connectivity index (χ1) is 14.3. The molecular formula is C24H35IN4O. The van der Waals surface area contributed by atoms with Crippen LogP contribution in [0.15, 0.2) is 59.6 Å². The first kappa shape index (κ1) is 24.5.